The molecule has 0 saturated heterocycles. The van der Waals surface area contributed by atoms with E-state index in [1.54, 1.807) is 24.3 Å². The van der Waals surface area contributed by atoms with Crippen LogP contribution in [-0.2, 0) is 9.53 Å². The Morgan fingerprint density at radius 1 is 1.30 bits per heavy atom. The van der Waals surface area contributed by atoms with E-state index in [-0.39, 0.29) is 5.91 Å². The van der Waals surface area contributed by atoms with Gasteiger partial charge < -0.3 is 10.1 Å². The van der Waals surface area contributed by atoms with Crippen molar-refractivity contribution < 1.29 is 9.53 Å². The van der Waals surface area contributed by atoms with Gasteiger partial charge in [-0.3, -0.25) is 4.79 Å². The summed E-state index contributed by atoms with van der Waals surface area (Å²) in [6.45, 7) is 0.658. The number of nitriles is 1. The third kappa shape index (κ3) is 4.67. The molecule has 0 unspecified atom stereocenters. The molecule has 106 valence electrons. The predicted molar refractivity (Wildman–Crippen MR) is 77.2 cm³/mol. The molecule has 1 aliphatic rings. The van der Waals surface area contributed by atoms with Crippen molar-refractivity contribution in [2.75, 3.05) is 11.9 Å². The van der Waals surface area contributed by atoms with Crippen molar-refractivity contribution in [3.8, 4) is 6.07 Å². The Hall–Kier alpha value is -1.86. The summed E-state index contributed by atoms with van der Waals surface area (Å²) in [7, 11) is 0. The molecule has 4 nitrogen and oxygen atoms in total. The van der Waals surface area contributed by atoms with Crippen molar-refractivity contribution in [2.24, 2.45) is 0 Å². The highest BCUT2D eigenvalue weighted by atomic mass is 16.5. The molecule has 1 aliphatic carbocycles. The Kier molecular flexibility index (Phi) is 5.57. The number of nitrogens with one attached hydrogen (secondary N) is 1. The fraction of sp³-hybridized carbons (Fsp3) is 0.500. The van der Waals surface area contributed by atoms with Crippen molar-refractivity contribution >= 4 is 11.6 Å². The number of ether oxygens (including phenoxy) is 1. The number of carbonyl (C=O) groups excluding carboxylic acids is 1. The van der Waals surface area contributed by atoms with E-state index >= 15 is 0 Å². The number of hydrogen-bond donors (Lipinski definition) is 1. The maximum absolute atomic E-state index is 11.7. The van der Waals surface area contributed by atoms with Crippen LogP contribution in [0.2, 0.25) is 0 Å². The molecule has 1 aromatic rings. The summed E-state index contributed by atoms with van der Waals surface area (Å²) in [5.74, 6) is -0.00951. The van der Waals surface area contributed by atoms with E-state index in [1.165, 1.54) is 12.8 Å². The van der Waals surface area contributed by atoms with Crippen LogP contribution in [0.3, 0.4) is 0 Å². The van der Waals surface area contributed by atoms with Crippen molar-refractivity contribution in [3.63, 3.8) is 0 Å². The summed E-state index contributed by atoms with van der Waals surface area (Å²) in [6, 6.07) is 8.92. The van der Waals surface area contributed by atoms with Crippen LogP contribution in [0.15, 0.2) is 24.3 Å². The first-order chi connectivity index (χ1) is 9.78. The monoisotopic (exact) mass is 272 g/mol. The molecule has 0 aromatic heterocycles. The zero-order chi connectivity index (χ0) is 14.2. The van der Waals surface area contributed by atoms with Crippen LogP contribution in [0.5, 0.6) is 0 Å². The third-order valence-corrected chi connectivity index (χ3v) is 3.50. The molecule has 0 spiro atoms. The van der Waals surface area contributed by atoms with Gasteiger partial charge in [0, 0.05) is 18.7 Å². The van der Waals surface area contributed by atoms with Crippen molar-refractivity contribution in [3.05, 3.63) is 29.8 Å². The van der Waals surface area contributed by atoms with Gasteiger partial charge in [-0.25, -0.2) is 0 Å². The van der Waals surface area contributed by atoms with Crippen molar-refractivity contribution in [1.82, 2.24) is 0 Å². The lowest BCUT2D eigenvalue weighted by Crippen LogP contribution is -2.14. The molecule has 0 aliphatic heterocycles. The average Bonchev–Trinajstić information content (AvgIpc) is 2.98. The third-order valence-electron chi connectivity index (χ3n) is 3.50. The highest BCUT2D eigenvalue weighted by molar-refractivity contribution is 5.90. The number of hydrogen-bond acceptors (Lipinski definition) is 3. The van der Waals surface area contributed by atoms with E-state index in [4.69, 9.17) is 10.00 Å². The zero-order valence-corrected chi connectivity index (χ0v) is 11.6. The van der Waals surface area contributed by atoms with Crippen molar-refractivity contribution in [1.29, 1.82) is 5.26 Å². The molecule has 1 amide bonds. The lowest BCUT2D eigenvalue weighted by atomic mass is 10.2. The topological polar surface area (TPSA) is 62.1 Å². The molecule has 1 aromatic carbocycles. The molecule has 0 atom stereocenters. The lowest BCUT2D eigenvalue weighted by molar-refractivity contribution is -0.116. The maximum atomic E-state index is 11.7. The first-order valence-electron chi connectivity index (χ1n) is 7.19. The van der Waals surface area contributed by atoms with Crippen LogP contribution in [0, 0.1) is 11.3 Å². The quantitative estimate of drug-likeness (QED) is 0.809. The fourth-order valence-corrected chi connectivity index (χ4v) is 2.39. The second kappa shape index (κ2) is 7.66. The predicted octanol–water partition coefficient (Wildman–Crippen LogP) is 3.24. The minimum atomic E-state index is -0.00951. The van der Waals surface area contributed by atoms with Gasteiger partial charge in [0.15, 0.2) is 0 Å². The van der Waals surface area contributed by atoms with Gasteiger partial charge in [-0.05, 0) is 43.5 Å². The van der Waals surface area contributed by atoms with Gasteiger partial charge in [-0.2, -0.15) is 5.26 Å². The molecule has 20 heavy (non-hydrogen) atoms. The standard InChI is InChI=1S/C16H20N2O2/c17-12-13-7-9-14(10-8-13)18-16(19)6-3-11-20-15-4-1-2-5-15/h7-10,15H,1-6,11H2,(H,18,19). The molecular weight excluding hydrogens is 252 g/mol. The Morgan fingerprint density at radius 3 is 2.65 bits per heavy atom. The fourth-order valence-electron chi connectivity index (χ4n) is 2.39. The number of anilines is 1. The molecule has 0 heterocycles. The van der Waals surface area contributed by atoms with Gasteiger partial charge in [0.1, 0.15) is 0 Å². The summed E-state index contributed by atoms with van der Waals surface area (Å²) < 4.78 is 5.72. The van der Waals surface area contributed by atoms with Crippen LogP contribution < -0.4 is 5.32 Å². The summed E-state index contributed by atoms with van der Waals surface area (Å²) in [5.41, 5.74) is 1.32. The summed E-state index contributed by atoms with van der Waals surface area (Å²) in [5, 5.41) is 11.5. The van der Waals surface area contributed by atoms with E-state index in [2.05, 4.69) is 5.32 Å². The van der Waals surface area contributed by atoms with Crippen LogP contribution in [0.25, 0.3) is 0 Å². The zero-order valence-electron chi connectivity index (χ0n) is 11.6. The maximum Gasteiger partial charge on any atom is 0.224 e. The molecule has 0 bridgehead atoms. The number of amides is 1. The summed E-state index contributed by atoms with van der Waals surface area (Å²) in [4.78, 5) is 11.7. The van der Waals surface area contributed by atoms with E-state index in [1.807, 2.05) is 6.07 Å². The molecule has 2 rings (SSSR count). The number of benzene rings is 1. The SMILES string of the molecule is N#Cc1ccc(NC(=O)CCCOC2CCCC2)cc1. The van der Waals surface area contributed by atoms with Gasteiger partial charge >= 0.3 is 0 Å². The van der Waals surface area contributed by atoms with Crippen LogP contribution in [0.4, 0.5) is 5.69 Å². The minimum absolute atomic E-state index is 0.00951. The van der Waals surface area contributed by atoms with Gasteiger partial charge in [0.25, 0.3) is 0 Å². The van der Waals surface area contributed by atoms with E-state index in [0.717, 1.165) is 24.9 Å². The molecule has 1 fully saturated rings. The van der Waals surface area contributed by atoms with E-state index in [9.17, 15) is 4.79 Å². The molecule has 1 N–H and O–H groups in total. The normalized spacial score (nSPS) is 14.9. The Morgan fingerprint density at radius 2 is 2.00 bits per heavy atom. The first-order valence-corrected chi connectivity index (χ1v) is 7.19. The molecule has 1 saturated carbocycles. The van der Waals surface area contributed by atoms with Crippen LogP contribution in [-0.4, -0.2) is 18.6 Å². The molecule has 4 heteroatoms. The number of rotatable bonds is 6. The Labute approximate surface area is 119 Å². The second-order valence-electron chi connectivity index (χ2n) is 5.12. The highest BCUT2D eigenvalue weighted by Crippen LogP contribution is 2.21. The summed E-state index contributed by atoms with van der Waals surface area (Å²) >= 11 is 0. The van der Waals surface area contributed by atoms with Crippen molar-refractivity contribution in [2.45, 2.75) is 44.6 Å². The average molecular weight is 272 g/mol. The Balaban J connectivity index is 1.63. The van der Waals surface area contributed by atoms with Crippen LogP contribution >= 0.6 is 0 Å². The number of carbonyl (C=O) groups is 1. The van der Waals surface area contributed by atoms with E-state index in [0.29, 0.717) is 24.7 Å². The minimum Gasteiger partial charge on any atom is -0.378 e. The van der Waals surface area contributed by atoms with Gasteiger partial charge in [0.2, 0.25) is 5.91 Å². The highest BCUT2D eigenvalue weighted by Gasteiger charge is 2.14. The van der Waals surface area contributed by atoms with E-state index < -0.39 is 0 Å². The number of nitrogens with zero attached hydrogens (tertiary/aromatic N) is 1. The second-order valence-corrected chi connectivity index (χ2v) is 5.12. The van der Waals surface area contributed by atoms with Crippen LogP contribution in [0.1, 0.15) is 44.1 Å². The largest absolute Gasteiger partial charge is 0.378 e. The van der Waals surface area contributed by atoms with Gasteiger partial charge in [-0.15, -0.1) is 0 Å². The van der Waals surface area contributed by atoms with Gasteiger partial charge in [0.05, 0.1) is 17.7 Å². The summed E-state index contributed by atoms with van der Waals surface area (Å²) in [6.07, 6.45) is 6.49. The first kappa shape index (κ1) is 14.5. The molecule has 0 radical (unpaired) electrons. The molecular formula is C16H20N2O2. The Bertz CT molecular complexity index is 470. The lowest BCUT2D eigenvalue weighted by Gasteiger charge is -2.10. The smallest absolute Gasteiger partial charge is 0.224 e. The van der Waals surface area contributed by atoms with Gasteiger partial charge in [-0.1, -0.05) is 12.8 Å².